The lowest BCUT2D eigenvalue weighted by Gasteiger charge is -2.50. The maximum atomic E-state index is 13.2. The standard InChI is InChI=1S/C23H22N8O4S4/c1-10(2)35-28-14(17-27-23(24)39-29-17)18(32)26-15-20(33)31-16(22(34)36)12(8-38-21(15)31)19-25-13(9-37-19)11-5-4-6-30(3)7-11/h4-7,9-10,15,21H,8H2,1-3H3,(H3-,24,26,27,29,32,34,36)/b28-14-/t15-,21-/m1/s1. The van der Waals surface area contributed by atoms with Crippen LogP contribution < -0.4 is 15.6 Å². The van der Waals surface area contributed by atoms with Gasteiger partial charge < -0.3 is 33.3 Å². The number of pyridine rings is 1. The van der Waals surface area contributed by atoms with E-state index in [0.29, 0.717) is 16.3 Å². The second-order valence-electron chi connectivity index (χ2n) is 8.82. The number of carbonyl (C=O) groups is 3. The Morgan fingerprint density at radius 3 is 2.82 bits per heavy atom. The molecule has 16 heteroatoms. The zero-order valence-corrected chi connectivity index (χ0v) is 24.1. The van der Waals surface area contributed by atoms with E-state index in [1.807, 2.05) is 41.5 Å². The molecule has 0 radical (unpaired) electrons. The van der Waals surface area contributed by atoms with Gasteiger partial charge in [0.05, 0.1) is 22.1 Å². The average Bonchev–Trinajstić information content (AvgIpc) is 3.56. The third kappa shape index (κ3) is 5.36. The molecule has 0 unspecified atom stereocenters. The van der Waals surface area contributed by atoms with Gasteiger partial charge in [-0.15, -0.1) is 23.1 Å². The van der Waals surface area contributed by atoms with Crippen molar-refractivity contribution in [3.63, 3.8) is 0 Å². The van der Waals surface area contributed by atoms with Gasteiger partial charge in [0.15, 0.2) is 17.5 Å². The fourth-order valence-corrected chi connectivity index (χ4v) is 6.91. The number of aromatic nitrogens is 4. The summed E-state index contributed by atoms with van der Waals surface area (Å²) in [6.07, 6.45) is 3.56. The largest absolute Gasteiger partial charge is 0.735 e. The molecule has 0 aliphatic carbocycles. The summed E-state index contributed by atoms with van der Waals surface area (Å²) in [7, 11) is 1.92. The Morgan fingerprint density at radius 1 is 1.36 bits per heavy atom. The first kappa shape index (κ1) is 27.1. The highest BCUT2D eigenvalue weighted by atomic mass is 32.2. The summed E-state index contributed by atoms with van der Waals surface area (Å²) in [6.45, 7) is 3.49. The molecule has 39 heavy (non-hydrogen) atoms. The molecule has 1 fully saturated rings. The third-order valence-electron chi connectivity index (χ3n) is 5.67. The second-order valence-corrected chi connectivity index (χ2v) is 11.9. The molecule has 0 saturated carbocycles. The number of nitrogens with one attached hydrogen (secondary N) is 1. The lowest BCUT2D eigenvalue weighted by atomic mass is 10.0. The summed E-state index contributed by atoms with van der Waals surface area (Å²) < 4.78 is 5.96. The summed E-state index contributed by atoms with van der Waals surface area (Å²) >= 11 is 8.71. The van der Waals surface area contributed by atoms with Crippen molar-refractivity contribution in [3.8, 4) is 11.3 Å². The summed E-state index contributed by atoms with van der Waals surface area (Å²) in [6, 6.07) is 2.96. The molecule has 5 rings (SSSR count). The van der Waals surface area contributed by atoms with Gasteiger partial charge in [-0.1, -0.05) is 5.16 Å². The summed E-state index contributed by atoms with van der Waals surface area (Å²) in [5.41, 5.74) is 7.86. The van der Waals surface area contributed by atoms with Gasteiger partial charge in [0.1, 0.15) is 29.6 Å². The highest BCUT2D eigenvalue weighted by Gasteiger charge is 2.53. The zero-order chi connectivity index (χ0) is 27.8. The summed E-state index contributed by atoms with van der Waals surface area (Å²) in [5, 5.41) is 8.05. The number of thioether (sulfide) groups is 1. The quantitative estimate of drug-likeness (QED) is 0.126. The van der Waals surface area contributed by atoms with Crippen molar-refractivity contribution < 1.29 is 23.8 Å². The molecule has 1 saturated heterocycles. The lowest BCUT2D eigenvalue weighted by Crippen LogP contribution is -2.70. The van der Waals surface area contributed by atoms with E-state index in [4.69, 9.17) is 28.2 Å². The first-order valence-electron chi connectivity index (χ1n) is 11.6. The van der Waals surface area contributed by atoms with Crippen LogP contribution in [0.25, 0.3) is 16.8 Å². The first-order valence-corrected chi connectivity index (χ1v) is 14.7. The van der Waals surface area contributed by atoms with E-state index in [-0.39, 0.29) is 28.5 Å². The van der Waals surface area contributed by atoms with E-state index < -0.39 is 28.3 Å². The number of amides is 2. The monoisotopic (exact) mass is 602 g/mol. The van der Waals surface area contributed by atoms with Crippen molar-refractivity contribution in [3.05, 3.63) is 46.4 Å². The van der Waals surface area contributed by atoms with Gasteiger partial charge in [0, 0.05) is 34.3 Å². The predicted molar refractivity (Wildman–Crippen MR) is 150 cm³/mol. The number of thiazole rings is 1. The highest BCUT2D eigenvalue weighted by Crippen LogP contribution is 2.44. The Morgan fingerprint density at radius 2 is 2.15 bits per heavy atom. The van der Waals surface area contributed by atoms with Gasteiger partial charge >= 0.3 is 0 Å². The van der Waals surface area contributed by atoms with Crippen molar-refractivity contribution in [2.75, 3.05) is 11.5 Å². The SMILES string of the molecule is CC(C)O/N=C(\C(=O)N[C@@H]1C(=O)N2C(C(=O)[S-])=C(c3nc(-c4ccc[n+](C)c4)cs3)CS[C@H]12)c1nsc(N)n1. The number of nitrogen functional groups attached to an aromatic ring is 1. The molecule has 0 bridgehead atoms. The van der Waals surface area contributed by atoms with Crippen molar-refractivity contribution >= 4 is 80.6 Å². The van der Waals surface area contributed by atoms with Crippen LogP contribution in [0.5, 0.6) is 0 Å². The molecule has 202 valence electrons. The number of hydrogen-bond donors (Lipinski definition) is 2. The van der Waals surface area contributed by atoms with Crippen LogP contribution in [-0.2, 0) is 38.9 Å². The second kappa shape index (κ2) is 11.0. The molecule has 0 spiro atoms. The molecular formula is C23H22N8O4S4. The number of nitrogens with zero attached hydrogens (tertiary/aromatic N) is 6. The van der Waals surface area contributed by atoms with Crippen LogP contribution in [0.15, 0.2) is 40.8 Å². The molecule has 2 aliphatic heterocycles. The van der Waals surface area contributed by atoms with Crippen molar-refractivity contribution in [2.24, 2.45) is 12.2 Å². The maximum absolute atomic E-state index is 13.2. The Hall–Kier alpha value is -3.47. The predicted octanol–water partition coefficient (Wildman–Crippen LogP) is 1.08. The Labute approximate surface area is 240 Å². The van der Waals surface area contributed by atoms with Gasteiger partial charge in [-0.3, -0.25) is 14.5 Å². The molecule has 2 amide bonds. The third-order valence-corrected chi connectivity index (χ3v) is 8.59. The normalized spacial score (nSPS) is 19.1. The van der Waals surface area contributed by atoms with E-state index >= 15 is 0 Å². The van der Waals surface area contributed by atoms with E-state index in [0.717, 1.165) is 22.8 Å². The van der Waals surface area contributed by atoms with E-state index in [1.54, 1.807) is 13.8 Å². The van der Waals surface area contributed by atoms with Crippen LogP contribution in [0.3, 0.4) is 0 Å². The van der Waals surface area contributed by atoms with Crippen LogP contribution in [0.4, 0.5) is 5.13 Å². The van der Waals surface area contributed by atoms with Crippen LogP contribution in [0.1, 0.15) is 24.7 Å². The number of anilines is 1. The molecule has 3 aromatic rings. The Balaban J connectivity index is 1.38. The van der Waals surface area contributed by atoms with Crippen LogP contribution >= 0.6 is 34.6 Å². The molecule has 3 aromatic heterocycles. The van der Waals surface area contributed by atoms with E-state index in [9.17, 15) is 14.4 Å². The highest BCUT2D eigenvalue weighted by molar-refractivity contribution is 8.00. The van der Waals surface area contributed by atoms with Crippen molar-refractivity contribution in [2.45, 2.75) is 31.4 Å². The van der Waals surface area contributed by atoms with Gasteiger partial charge in [-0.2, -0.15) is 9.36 Å². The van der Waals surface area contributed by atoms with Crippen LogP contribution in [0, 0.1) is 0 Å². The number of fused-ring (bicyclic) bond motifs is 1. The number of carbonyl (C=O) groups excluding carboxylic acids is 3. The summed E-state index contributed by atoms with van der Waals surface area (Å²) in [4.78, 5) is 54.3. The molecule has 3 N–H and O–H groups in total. The minimum Gasteiger partial charge on any atom is -0.735 e. The van der Waals surface area contributed by atoms with Crippen LogP contribution in [-0.4, -0.2) is 65.2 Å². The fraction of sp³-hybridized carbons (Fsp3) is 0.304. The smallest absolute Gasteiger partial charge is 0.278 e. The number of aryl methyl sites for hydroxylation is 1. The Bertz CT molecular complexity index is 1530. The minimum absolute atomic E-state index is 0.00855. The first-order chi connectivity index (χ1) is 18.6. The van der Waals surface area contributed by atoms with Crippen molar-refractivity contribution in [1.29, 1.82) is 0 Å². The average molecular weight is 603 g/mol. The van der Waals surface area contributed by atoms with Gasteiger partial charge in [0.2, 0.25) is 11.5 Å². The fourth-order valence-electron chi connectivity index (χ4n) is 3.94. The number of β-lactam (4-membered cyclic amide) rings is 1. The maximum Gasteiger partial charge on any atom is 0.278 e. The molecule has 2 atom stereocenters. The molecule has 2 aliphatic rings. The number of nitrogens with two attached hydrogens (primary N) is 1. The van der Waals surface area contributed by atoms with Crippen molar-refractivity contribution in [1.82, 2.24) is 24.6 Å². The molecule has 5 heterocycles. The topological polar surface area (TPSA) is 157 Å². The Kier molecular flexibility index (Phi) is 7.61. The summed E-state index contributed by atoms with van der Waals surface area (Å²) in [5.74, 6) is -0.789. The van der Waals surface area contributed by atoms with E-state index in [1.165, 1.54) is 28.0 Å². The molecule has 0 aromatic carbocycles. The molecule has 12 nitrogen and oxygen atoms in total. The van der Waals surface area contributed by atoms with Gasteiger partial charge in [-0.05, 0) is 19.9 Å². The van der Waals surface area contributed by atoms with E-state index in [2.05, 4.69) is 19.8 Å². The lowest BCUT2D eigenvalue weighted by molar-refractivity contribution is -0.671. The minimum atomic E-state index is -0.912. The molecular weight excluding hydrogens is 581 g/mol. The number of oxime groups is 1. The van der Waals surface area contributed by atoms with Crippen LogP contribution in [0.2, 0.25) is 0 Å². The number of rotatable bonds is 8. The van der Waals surface area contributed by atoms with Gasteiger partial charge in [-0.25, -0.2) is 9.55 Å². The number of hydrogen-bond acceptors (Lipinski definition) is 13. The zero-order valence-electron chi connectivity index (χ0n) is 20.9. The van der Waals surface area contributed by atoms with Gasteiger partial charge in [0.25, 0.3) is 11.8 Å².